The van der Waals surface area contributed by atoms with Gasteiger partial charge in [0.05, 0.1) is 6.61 Å². The first-order chi connectivity index (χ1) is 14.2. The highest BCUT2D eigenvalue weighted by Gasteiger charge is 2.62. The molecule has 3 fully saturated rings. The van der Waals surface area contributed by atoms with E-state index in [4.69, 9.17) is 28.4 Å². The maximum Gasteiger partial charge on any atom is 0.256 e. The predicted molar refractivity (Wildman–Crippen MR) is 108 cm³/mol. The standard InChI is InChI=1S/C22H31NO7/c1-6-7-12-25-14-10-8-13(9-11-14)23-19(24)17-15-16(28-21(2,3)27-15)18-20(26-17)30-22(4,5)29-18/h8-11,15-18,20H,6-7,12H2,1-5H3,(H,23,24)/t15-,16-,17+,18+,20-/m0/s1. The van der Waals surface area contributed by atoms with E-state index in [2.05, 4.69) is 12.2 Å². The fourth-order valence-electron chi connectivity index (χ4n) is 4.01. The van der Waals surface area contributed by atoms with Crippen LogP contribution in [-0.2, 0) is 28.5 Å². The van der Waals surface area contributed by atoms with Crippen molar-refractivity contribution in [2.24, 2.45) is 0 Å². The third kappa shape index (κ3) is 4.48. The van der Waals surface area contributed by atoms with E-state index in [0.29, 0.717) is 12.3 Å². The topological polar surface area (TPSA) is 84.5 Å². The Morgan fingerprint density at radius 3 is 2.30 bits per heavy atom. The molecule has 30 heavy (non-hydrogen) atoms. The quantitative estimate of drug-likeness (QED) is 0.706. The molecule has 1 N–H and O–H groups in total. The minimum Gasteiger partial charge on any atom is -0.494 e. The first-order valence-corrected chi connectivity index (χ1v) is 10.6. The second-order valence-electron chi connectivity index (χ2n) is 8.81. The number of amides is 1. The molecule has 1 aromatic carbocycles. The minimum absolute atomic E-state index is 0.322. The van der Waals surface area contributed by atoms with E-state index >= 15 is 0 Å². The summed E-state index contributed by atoms with van der Waals surface area (Å²) in [6.07, 6.45) is -1.05. The van der Waals surface area contributed by atoms with Crippen molar-refractivity contribution < 1.29 is 33.2 Å². The summed E-state index contributed by atoms with van der Waals surface area (Å²) >= 11 is 0. The van der Waals surface area contributed by atoms with Gasteiger partial charge < -0.3 is 33.7 Å². The third-order valence-electron chi connectivity index (χ3n) is 5.30. The van der Waals surface area contributed by atoms with Crippen LogP contribution in [-0.4, -0.2) is 54.8 Å². The molecule has 1 aromatic rings. The van der Waals surface area contributed by atoms with Crippen LogP contribution in [0.3, 0.4) is 0 Å². The number of carbonyl (C=O) groups is 1. The van der Waals surface area contributed by atoms with Gasteiger partial charge in [-0.05, 0) is 58.4 Å². The van der Waals surface area contributed by atoms with Crippen molar-refractivity contribution in [3.63, 3.8) is 0 Å². The Balaban J connectivity index is 1.45. The number of benzene rings is 1. The summed E-state index contributed by atoms with van der Waals surface area (Å²) in [4.78, 5) is 13.1. The molecule has 0 radical (unpaired) electrons. The number of rotatable bonds is 6. The van der Waals surface area contributed by atoms with Gasteiger partial charge >= 0.3 is 0 Å². The van der Waals surface area contributed by atoms with Crippen molar-refractivity contribution >= 4 is 11.6 Å². The molecule has 3 aliphatic rings. The van der Waals surface area contributed by atoms with E-state index in [9.17, 15) is 4.79 Å². The van der Waals surface area contributed by atoms with Crippen molar-refractivity contribution in [1.29, 1.82) is 0 Å². The van der Waals surface area contributed by atoms with Gasteiger partial charge in [0.15, 0.2) is 24.0 Å². The number of nitrogens with one attached hydrogen (secondary N) is 1. The second-order valence-corrected chi connectivity index (χ2v) is 8.81. The van der Waals surface area contributed by atoms with Crippen molar-refractivity contribution in [1.82, 2.24) is 0 Å². The zero-order valence-corrected chi connectivity index (χ0v) is 18.2. The van der Waals surface area contributed by atoms with Crippen LogP contribution in [0.1, 0.15) is 47.5 Å². The van der Waals surface area contributed by atoms with Crippen LogP contribution in [0.15, 0.2) is 24.3 Å². The van der Waals surface area contributed by atoms with Gasteiger partial charge in [0, 0.05) is 5.69 Å². The van der Waals surface area contributed by atoms with Gasteiger partial charge in [-0.2, -0.15) is 0 Å². The van der Waals surface area contributed by atoms with Gasteiger partial charge in [-0.25, -0.2) is 0 Å². The molecule has 8 nitrogen and oxygen atoms in total. The normalized spacial score (nSPS) is 33.6. The number of unbranched alkanes of at least 4 members (excludes halogenated alkanes) is 1. The second kappa shape index (κ2) is 8.09. The molecule has 5 atom stereocenters. The molecule has 0 aromatic heterocycles. The Morgan fingerprint density at radius 1 is 0.967 bits per heavy atom. The maximum absolute atomic E-state index is 13.1. The highest BCUT2D eigenvalue weighted by Crippen LogP contribution is 2.44. The van der Waals surface area contributed by atoms with E-state index in [1.165, 1.54) is 0 Å². The molecule has 8 heteroatoms. The van der Waals surface area contributed by atoms with Crippen LogP contribution in [0.5, 0.6) is 5.75 Å². The highest BCUT2D eigenvalue weighted by atomic mass is 16.9. The molecule has 4 rings (SSSR count). The fraction of sp³-hybridized carbons (Fsp3) is 0.682. The van der Waals surface area contributed by atoms with Crippen molar-refractivity contribution in [2.45, 2.75) is 89.7 Å². The first-order valence-electron chi connectivity index (χ1n) is 10.6. The van der Waals surface area contributed by atoms with E-state index in [-0.39, 0.29) is 5.91 Å². The number of hydrogen-bond acceptors (Lipinski definition) is 7. The van der Waals surface area contributed by atoms with Crippen LogP contribution in [0.4, 0.5) is 5.69 Å². The average molecular weight is 421 g/mol. The first kappa shape index (κ1) is 21.5. The van der Waals surface area contributed by atoms with Gasteiger partial charge in [0.1, 0.15) is 24.1 Å². The van der Waals surface area contributed by atoms with E-state index in [1.807, 2.05) is 39.8 Å². The van der Waals surface area contributed by atoms with Gasteiger partial charge in [-0.1, -0.05) is 13.3 Å². The third-order valence-corrected chi connectivity index (χ3v) is 5.30. The van der Waals surface area contributed by atoms with Crippen LogP contribution >= 0.6 is 0 Å². The van der Waals surface area contributed by atoms with Crippen molar-refractivity contribution in [2.75, 3.05) is 11.9 Å². The SMILES string of the molecule is CCCCOc1ccc(NC(=O)[C@@H]2O[C@H]3OC(C)(C)O[C@@H]3[C@H]3OC(C)(C)O[C@@H]32)cc1. The Hall–Kier alpha value is -1.71. The molecule has 0 saturated carbocycles. The van der Waals surface area contributed by atoms with Gasteiger partial charge in [0.25, 0.3) is 5.91 Å². The zero-order valence-electron chi connectivity index (χ0n) is 18.2. The molecule has 0 spiro atoms. The molecule has 1 amide bonds. The zero-order chi connectivity index (χ0) is 21.5. The summed E-state index contributed by atoms with van der Waals surface area (Å²) < 4.78 is 35.5. The monoisotopic (exact) mass is 421 g/mol. The van der Waals surface area contributed by atoms with E-state index < -0.39 is 42.3 Å². The summed E-state index contributed by atoms with van der Waals surface area (Å²) in [5.74, 6) is -1.22. The van der Waals surface area contributed by atoms with E-state index in [1.54, 1.807) is 12.1 Å². The lowest BCUT2D eigenvalue weighted by molar-refractivity contribution is -0.229. The number of carbonyl (C=O) groups excluding carboxylic acids is 1. The number of fused-ring (bicyclic) bond motifs is 3. The minimum atomic E-state index is -0.893. The molecule has 166 valence electrons. The molecular formula is C22H31NO7. The predicted octanol–water partition coefficient (Wildman–Crippen LogP) is 3.20. The number of anilines is 1. The highest BCUT2D eigenvalue weighted by molar-refractivity contribution is 5.94. The maximum atomic E-state index is 13.1. The average Bonchev–Trinajstić information content (AvgIpc) is 3.16. The summed E-state index contributed by atoms with van der Waals surface area (Å²) in [6.45, 7) is 10.0. The lowest BCUT2D eigenvalue weighted by Gasteiger charge is -2.36. The Morgan fingerprint density at radius 2 is 1.60 bits per heavy atom. The molecule has 3 heterocycles. The summed E-state index contributed by atoms with van der Waals surface area (Å²) in [6, 6.07) is 7.27. The molecule has 0 aliphatic carbocycles. The lowest BCUT2D eigenvalue weighted by atomic mass is 9.98. The number of hydrogen-bond donors (Lipinski definition) is 1. The van der Waals surface area contributed by atoms with Gasteiger partial charge in [-0.15, -0.1) is 0 Å². The Bertz CT molecular complexity index is 763. The Labute approximate surface area is 177 Å². The van der Waals surface area contributed by atoms with Gasteiger partial charge in [0.2, 0.25) is 0 Å². The van der Waals surface area contributed by atoms with Crippen LogP contribution in [0.25, 0.3) is 0 Å². The van der Waals surface area contributed by atoms with Crippen LogP contribution < -0.4 is 10.1 Å². The largest absolute Gasteiger partial charge is 0.494 e. The summed E-state index contributed by atoms with van der Waals surface area (Å²) in [7, 11) is 0. The van der Waals surface area contributed by atoms with Crippen molar-refractivity contribution in [3.8, 4) is 5.75 Å². The summed E-state index contributed by atoms with van der Waals surface area (Å²) in [5, 5.41) is 2.90. The van der Waals surface area contributed by atoms with Crippen LogP contribution in [0.2, 0.25) is 0 Å². The smallest absolute Gasteiger partial charge is 0.256 e. The number of ether oxygens (including phenoxy) is 6. The summed E-state index contributed by atoms with van der Waals surface area (Å²) in [5.41, 5.74) is 0.646. The van der Waals surface area contributed by atoms with Crippen LogP contribution in [0, 0.1) is 0 Å². The molecule has 3 aliphatic heterocycles. The molecular weight excluding hydrogens is 390 g/mol. The van der Waals surface area contributed by atoms with Crippen molar-refractivity contribution in [3.05, 3.63) is 24.3 Å². The lowest BCUT2D eigenvalue weighted by Crippen LogP contribution is -2.58. The molecule has 3 saturated heterocycles. The fourth-order valence-corrected chi connectivity index (χ4v) is 4.01. The molecule has 0 unspecified atom stereocenters. The molecule has 0 bridgehead atoms. The van der Waals surface area contributed by atoms with Gasteiger partial charge in [-0.3, -0.25) is 4.79 Å². The Kier molecular flexibility index (Phi) is 5.80. The van der Waals surface area contributed by atoms with E-state index in [0.717, 1.165) is 18.6 Å².